The first-order chi connectivity index (χ1) is 11.9. The molecule has 0 aromatic heterocycles. The smallest absolute Gasteiger partial charge is 0.407 e. The molecule has 1 heterocycles. The van der Waals surface area contributed by atoms with E-state index < -0.39 is 8.07 Å². The summed E-state index contributed by atoms with van der Waals surface area (Å²) < 4.78 is 11.9. The second kappa shape index (κ2) is 7.26. The topological polar surface area (TPSA) is 18.5 Å². The summed E-state index contributed by atoms with van der Waals surface area (Å²) in [4.78, 5) is 0. The second-order valence-electron chi connectivity index (χ2n) is 8.28. The van der Waals surface area contributed by atoms with Crippen LogP contribution in [0.2, 0.25) is 18.1 Å². The van der Waals surface area contributed by atoms with E-state index in [-0.39, 0.29) is 12.5 Å². The molecule has 4 heteroatoms. The van der Waals surface area contributed by atoms with Crippen molar-refractivity contribution in [1.82, 2.24) is 0 Å². The lowest BCUT2D eigenvalue weighted by Crippen LogP contribution is -2.47. The Morgan fingerprint density at radius 2 is 1.44 bits per heavy atom. The third-order valence-electron chi connectivity index (χ3n) is 6.03. The molecule has 2 nitrogen and oxygen atoms in total. The van der Waals surface area contributed by atoms with Gasteiger partial charge in [0.05, 0.1) is 8.07 Å². The number of fused-ring (bicyclic) bond motifs is 1. The van der Waals surface area contributed by atoms with E-state index >= 15 is 0 Å². The lowest BCUT2D eigenvalue weighted by molar-refractivity contribution is 0.0343. The maximum atomic E-state index is 5.94. The zero-order chi connectivity index (χ0) is 18.1. The molecule has 2 aromatic rings. The molecule has 1 aliphatic rings. The summed E-state index contributed by atoms with van der Waals surface area (Å²) in [6.07, 6.45) is 0. The minimum Gasteiger partial charge on any atom is -0.407 e. The van der Waals surface area contributed by atoms with Crippen LogP contribution in [-0.4, -0.2) is 28.4 Å². The number of hydrogen-bond donors (Lipinski definition) is 0. The van der Waals surface area contributed by atoms with Crippen molar-refractivity contribution >= 4 is 36.6 Å². The van der Waals surface area contributed by atoms with E-state index in [0.29, 0.717) is 0 Å². The van der Waals surface area contributed by atoms with Crippen molar-refractivity contribution in [3.8, 4) is 0 Å². The molecule has 134 valence electrons. The van der Waals surface area contributed by atoms with Gasteiger partial charge in [0.15, 0.2) is 0 Å². The number of hydrogen-bond acceptors (Lipinski definition) is 2. The first kappa shape index (κ1) is 18.7. The van der Waals surface area contributed by atoms with Crippen molar-refractivity contribution in [1.29, 1.82) is 0 Å². The average molecular weight is 354 g/mol. The average Bonchev–Trinajstić information content (AvgIpc) is 2.63. The van der Waals surface area contributed by atoms with E-state index in [4.69, 9.17) is 9.31 Å². The highest BCUT2D eigenvalue weighted by Crippen LogP contribution is 2.24. The fourth-order valence-corrected chi connectivity index (χ4v) is 7.61. The van der Waals surface area contributed by atoms with Gasteiger partial charge in [-0.3, -0.25) is 0 Å². The van der Waals surface area contributed by atoms with Crippen molar-refractivity contribution in [3.63, 3.8) is 0 Å². The van der Waals surface area contributed by atoms with E-state index in [1.807, 2.05) is 0 Å². The lowest BCUT2D eigenvalue weighted by Gasteiger charge is -2.33. The van der Waals surface area contributed by atoms with Crippen molar-refractivity contribution in [2.75, 3.05) is 13.2 Å². The van der Waals surface area contributed by atoms with E-state index in [1.54, 1.807) is 5.19 Å². The van der Waals surface area contributed by atoms with Gasteiger partial charge in [-0.05, 0) is 16.2 Å². The van der Waals surface area contributed by atoms with Gasteiger partial charge in [-0.25, -0.2) is 0 Å². The van der Waals surface area contributed by atoms with Crippen LogP contribution in [0.4, 0.5) is 0 Å². The predicted octanol–water partition coefficient (Wildman–Crippen LogP) is 4.32. The van der Waals surface area contributed by atoms with E-state index in [0.717, 1.165) is 18.7 Å². The molecule has 25 heavy (non-hydrogen) atoms. The van der Waals surface area contributed by atoms with Crippen LogP contribution in [0.1, 0.15) is 34.6 Å². The van der Waals surface area contributed by atoms with Gasteiger partial charge in [0.25, 0.3) is 0 Å². The molecular weight excluding hydrogens is 323 g/mol. The van der Waals surface area contributed by atoms with Crippen molar-refractivity contribution < 1.29 is 9.31 Å². The molecule has 0 bridgehead atoms. The van der Waals surface area contributed by atoms with Gasteiger partial charge >= 0.3 is 7.12 Å². The maximum absolute atomic E-state index is 5.94. The molecule has 0 spiro atoms. The Labute approximate surface area is 154 Å². The Bertz CT molecular complexity index is 721. The Balaban J connectivity index is 1.89. The van der Waals surface area contributed by atoms with Gasteiger partial charge < -0.3 is 9.31 Å². The van der Waals surface area contributed by atoms with Gasteiger partial charge in [-0.2, -0.15) is 0 Å². The molecule has 0 N–H and O–H groups in total. The SMILES string of the molecule is CC[Si](CC)(CC)c1ccc2cc(B3OCC(C)(C)CO3)ccc2c1. The van der Waals surface area contributed by atoms with Crippen LogP contribution >= 0.6 is 0 Å². The van der Waals surface area contributed by atoms with E-state index in [2.05, 4.69) is 71.0 Å². The summed E-state index contributed by atoms with van der Waals surface area (Å²) in [6, 6.07) is 17.7. The highest BCUT2D eigenvalue weighted by Gasteiger charge is 2.33. The number of rotatable bonds is 5. The molecule has 0 radical (unpaired) electrons. The Hall–Kier alpha value is -1.10. The maximum Gasteiger partial charge on any atom is 0.493 e. The van der Waals surface area contributed by atoms with Gasteiger partial charge in [0, 0.05) is 18.6 Å². The minimum atomic E-state index is -1.32. The van der Waals surface area contributed by atoms with Crippen LogP contribution in [-0.2, 0) is 9.31 Å². The Morgan fingerprint density at radius 3 is 2.04 bits per heavy atom. The normalized spacial score (nSPS) is 17.9. The molecule has 0 saturated carbocycles. The molecule has 2 aromatic carbocycles. The van der Waals surface area contributed by atoms with E-state index in [9.17, 15) is 0 Å². The third kappa shape index (κ3) is 3.71. The van der Waals surface area contributed by atoms with Crippen LogP contribution in [0, 0.1) is 5.41 Å². The lowest BCUT2D eigenvalue weighted by atomic mass is 9.75. The molecule has 0 amide bonds. The first-order valence-corrected chi connectivity index (χ1v) is 12.3. The number of benzene rings is 2. The zero-order valence-corrected chi connectivity index (χ0v) is 17.4. The van der Waals surface area contributed by atoms with Gasteiger partial charge in [-0.1, -0.05) is 94.3 Å². The van der Waals surface area contributed by atoms with E-state index in [1.165, 1.54) is 28.9 Å². The quantitative estimate of drug-likeness (QED) is 0.745. The monoisotopic (exact) mass is 354 g/mol. The van der Waals surface area contributed by atoms with Gasteiger partial charge in [0.1, 0.15) is 0 Å². The fraction of sp³-hybridized carbons (Fsp3) is 0.524. The van der Waals surface area contributed by atoms with Crippen LogP contribution < -0.4 is 10.6 Å². The molecule has 0 aliphatic carbocycles. The Morgan fingerprint density at radius 1 is 0.880 bits per heavy atom. The highest BCUT2D eigenvalue weighted by molar-refractivity contribution is 6.91. The first-order valence-electron chi connectivity index (χ1n) is 9.70. The highest BCUT2D eigenvalue weighted by atomic mass is 28.3. The standard InChI is InChI=1S/C21H31BO2Si/c1-6-25(7-2,8-3)20-12-10-17-13-19(11-9-18(17)14-20)22-23-15-21(4,5)16-24-22/h9-14H,6-8,15-16H2,1-5H3. The van der Waals surface area contributed by atoms with Crippen molar-refractivity contribution in [3.05, 3.63) is 36.4 Å². The fourth-order valence-electron chi connectivity index (χ4n) is 3.99. The van der Waals surface area contributed by atoms with Crippen molar-refractivity contribution in [2.45, 2.75) is 52.8 Å². The Kier molecular flexibility index (Phi) is 5.43. The summed E-state index contributed by atoms with van der Waals surface area (Å²) in [5.41, 5.74) is 1.23. The molecular formula is C21H31BO2Si. The summed E-state index contributed by atoms with van der Waals surface area (Å²) in [6.45, 7) is 12.9. The zero-order valence-electron chi connectivity index (χ0n) is 16.4. The van der Waals surface area contributed by atoms with Crippen molar-refractivity contribution in [2.24, 2.45) is 5.41 Å². The molecule has 1 fully saturated rings. The van der Waals surface area contributed by atoms with Gasteiger partial charge in [-0.15, -0.1) is 0 Å². The van der Waals surface area contributed by atoms with Gasteiger partial charge in [0.2, 0.25) is 0 Å². The molecule has 1 aliphatic heterocycles. The third-order valence-corrected chi connectivity index (χ3v) is 11.6. The van der Waals surface area contributed by atoms with Crippen LogP contribution in [0.25, 0.3) is 10.8 Å². The van der Waals surface area contributed by atoms with Crippen LogP contribution in [0.15, 0.2) is 36.4 Å². The van der Waals surface area contributed by atoms with Crippen LogP contribution in [0.3, 0.4) is 0 Å². The second-order valence-corrected chi connectivity index (χ2v) is 13.5. The molecule has 0 unspecified atom stereocenters. The molecule has 3 rings (SSSR count). The summed E-state index contributed by atoms with van der Waals surface area (Å²) in [5, 5.41) is 4.22. The van der Waals surface area contributed by atoms with Crippen LogP contribution in [0.5, 0.6) is 0 Å². The summed E-state index contributed by atoms with van der Waals surface area (Å²) >= 11 is 0. The molecule has 1 saturated heterocycles. The summed E-state index contributed by atoms with van der Waals surface area (Å²) in [5.74, 6) is 0. The minimum absolute atomic E-state index is 0.108. The predicted molar refractivity (Wildman–Crippen MR) is 112 cm³/mol. The largest absolute Gasteiger partial charge is 0.493 e. The summed E-state index contributed by atoms with van der Waals surface area (Å²) in [7, 11) is -1.55. The molecule has 0 atom stereocenters.